The molecule has 1 fully saturated rings. The van der Waals surface area contributed by atoms with Crippen molar-refractivity contribution in [2.45, 2.75) is 25.7 Å². The van der Waals surface area contributed by atoms with E-state index in [0.29, 0.717) is 11.8 Å². The van der Waals surface area contributed by atoms with Crippen LogP contribution in [0.4, 0.5) is 0 Å². The molecule has 1 unspecified atom stereocenters. The van der Waals surface area contributed by atoms with Crippen molar-refractivity contribution in [3.05, 3.63) is 29.3 Å². The summed E-state index contributed by atoms with van der Waals surface area (Å²) in [6.45, 7) is 2.31. The molecule has 0 radical (unpaired) electrons. The summed E-state index contributed by atoms with van der Waals surface area (Å²) in [7, 11) is 1.69. The zero-order valence-corrected chi connectivity index (χ0v) is 9.36. The topological polar surface area (TPSA) is 29.5 Å². The van der Waals surface area contributed by atoms with Crippen molar-refractivity contribution in [1.29, 1.82) is 0 Å². The van der Waals surface area contributed by atoms with E-state index in [1.165, 1.54) is 18.4 Å². The predicted octanol–water partition coefficient (Wildman–Crippen LogP) is 2.49. The third kappa shape index (κ3) is 2.15. The second kappa shape index (κ2) is 4.23. The van der Waals surface area contributed by atoms with Crippen LogP contribution in [0, 0.1) is 12.8 Å². The Balaban J connectivity index is 2.23. The zero-order chi connectivity index (χ0) is 10.8. The first kappa shape index (κ1) is 10.5. The Hall–Kier alpha value is -1.02. The van der Waals surface area contributed by atoms with Crippen molar-refractivity contribution in [2.24, 2.45) is 5.92 Å². The summed E-state index contributed by atoms with van der Waals surface area (Å²) in [5.74, 6) is 1.95. The van der Waals surface area contributed by atoms with E-state index in [9.17, 15) is 5.11 Å². The quantitative estimate of drug-likeness (QED) is 0.820. The third-order valence-electron chi connectivity index (χ3n) is 3.23. The van der Waals surface area contributed by atoms with Crippen molar-refractivity contribution >= 4 is 0 Å². The lowest BCUT2D eigenvalue weighted by molar-refractivity contribution is 0.253. The first-order valence-electron chi connectivity index (χ1n) is 5.51. The molecule has 1 saturated carbocycles. The second-order valence-electron chi connectivity index (χ2n) is 4.36. The molecule has 0 spiro atoms. The molecule has 0 heterocycles. The highest BCUT2D eigenvalue weighted by molar-refractivity contribution is 5.38. The van der Waals surface area contributed by atoms with Gasteiger partial charge in [-0.25, -0.2) is 0 Å². The molecule has 0 bridgehead atoms. The van der Waals surface area contributed by atoms with Crippen LogP contribution >= 0.6 is 0 Å². The minimum atomic E-state index is 0.260. The number of aliphatic hydroxyl groups excluding tert-OH is 1. The van der Waals surface area contributed by atoms with Gasteiger partial charge in [-0.2, -0.15) is 0 Å². The molecule has 1 atom stereocenters. The van der Waals surface area contributed by atoms with Gasteiger partial charge >= 0.3 is 0 Å². The molecule has 1 aliphatic carbocycles. The summed E-state index contributed by atoms with van der Waals surface area (Å²) in [6, 6.07) is 6.21. The molecular weight excluding hydrogens is 188 g/mol. The molecule has 1 aliphatic rings. The summed E-state index contributed by atoms with van der Waals surface area (Å²) >= 11 is 0. The van der Waals surface area contributed by atoms with Crippen molar-refractivity contribution in [3.8, 4) is 5.75 Å². The van der Waals surface area contributed by atoms with Crippen LogP contribution in [0.5, 0.6) is 5.75 Å². The number of hydrogen-bond acceptors (Lipinski definition) is 2. The van der Waals surface area contributed by atoms with Gasteiger partial charge in [-0.3, -0.25) is 0 Å². The highest BCUT2D eigenvalue weighted by Gasteiger charge is 2.31. The van der Waals surface area contributed by atoms with Crippen LogP contribution < -0.4 is 4.74 Å². The van der Waals surface area contributed by atoms with Gasteiger partial charge in [-0.1, -0.05) is 12.1 Å². The van der Waals surface area contributed by atoms with Gasteiger partial charge in [0.1, 0.15) is 5.75 Å². The van der Waals surface area contributed by atoms with Crippen molar-refractivity contribution < 1.29 is 9.84 Å². The summed E-state index contributed by atoms with van der Waals surface area (Å²) in [5, 5.41) is 9.38. The number of methoxy groups -OCH3 is 1. The largest absolute Gasteiger partial charge is 0.496 e. The Morgan fingerprint density at radius 3 is 2.67 bits per heavy atom. The Bertz CT molecular complexity index is 342. The fourth-order valence-electron chi connectivity index (χ4n) is 2.16. The molecule has 1 N–H and O–H groups in total. The lowest BCUT2D eigenvalue weighted by atomic mass is 9.93. The lowest BCUT2D eigenvalue weighted by Crippen LogP contribution is -2.06. The Labute approximate surface area is 90.9 Å². The number of aryl methyl sites for hydroxylation is 1. The molecule has 15 heavy (non-hydrogen) atoms. The number of rotatable bonds is 4. The normalized spacial score (nSPS) is 17.5. The lowest BCUT2D eigenvalue weighted by Gasteiger charge is -2.15. The molecule has 1 aromatic rings. The molecule has 2 nitrogen and oxygen atoms in total. The van der Waals surface area contributed by atoms with Crippen LogP contribution in [0.3, 0.4) is 0 Å². The fraction of sp³-hybridized carbons (Fsp3) is 0.538. The van der Waals surface area contributed by atoms with Gasteiger partial charge in [-0.05, 0) is 42.9 Å². The number of benzene rings is 1. The molecule has 1 aromatic carbocycles. The zero-order valence-electron chi connectivity index (χ0n) is 9.36. The van der Waals surface area contributed by atoms with E-state index >= 15 is 0 Å². The maximum Gasteiger partial charge on any atom is 0.121 e. The van der Waals surface area contributed by atoms with Crippen LogP contribution in [0.25, 0.3) is 0 Å². The average Bonchev–Trinajstić information content (AvgIpc) is 3.03. The van der Waals surface area contributed by atoms with E-state index in [2.05, 4.69) is 12.1 Å². The van der Waals surface area contributed by atoms with Gasteiger partial charge in [0.05, 0.1) is 13.7 Å². The summed E-state index contributed by atoms with van der Waals surface area (Å²) in [5.41, 5.74) is 2.40. The van der Waals surface area contributed by atoms with E-state index in [0.717, 1.165) is 11.3 Å². The SMILES string of the molecule is COc1ccc(C(CO)C2CC2)cc1C. The van der Waals surface area contributed by atoms with Gasteiger partial charge < -0.3 is 9.84 Å². The van der Waals surface area contributed by atoms with Crippen LogP contribution in [-0.4, -0.2) is 18.8 Å². The van der Waals surface area contributed by atoms with Crippen molar-refractivity contribution in [2.75, 3.05) is 13.7 Å². The van der Waals surface area contributed by atoms with Crippen molar-refractivity contribution in [3.63, 3.8) is 0 Å². The van der Waals surface area contributed by atoms with E-state index in [1.54, 1.807) is 7.11 Å². The summed E-state index contributed by atoms with van der Waals surface area (Å²) in [4.78, 5) is 0. The molecular formula is C13H18O2. The van der Waals surface area contributed by atoms with Gasteiger partial charge in [0.2, 0.25) is 0 Å². The Kier molecular flexibility index (Phi) is 2.96. The van der Waals surface area contributed by atoms with E-state index in [1.807, 2.05) is 13.0 Å². The Morgan fingerprint density at radius 1 is 1.47 bits per heavy atom. The molecule has 2 heteroatoms. The predicted molar refractivity (Wildman–Crippen MR) is 60.3 cm³/mol. The molecule has 0 saturated heterocycles. The fourth-order valence-corrected chi connectivity index (χ4v) is 2.16. The van der Waals surface area contributed by atoms with E-state index in [4.69, 9.17) is 4.74 Å². The molecule has 0 amide bonds. The monoisotopic (exact) mass is 206 g/mol. The summed E-state index contributed by atoms with van der Waals surface area (Å²) < 4.78 is 5.23. The standard InChI is InChI=1S/C13H18O2/c1-9-7-11(5-6-13(9)15-2)12(8-14)10-3-4-10/h5-7,10,12,14H,3-4,8H2,1-2H3. The highest BCUT2D eigenvalue weighted by atomic mass is 16.5. The van der Waals surface area contributed by atoms with Gasteiger partial charge in [0.15, 0.2) is 0 Å². The van der Waals surface area contributed by atoms with E-state index in [-0.39, 0.29) is 6.61 Å². The van der Waals surface area contributed by atoms with Crippen LogP contribution in [0.1, 0.15) is 29.9 Å². The van der Waals surface area contributed by atoms with Gasteiger partial charge in [-0.15, -0.1) is 0 Å². The minimum absolute atomic E-state index is 0.260. The van der Waals surface area contributed by atoms with Gasteiger partial charge in [0.25, 0.3) is 0 Å². The third-order valence-corrected chi connectivity index (χ3v) is 3.23. The second-order valence-corrected chi connectivity index (χ2v) is 4.36. The van der Waals surface area contributed by atoms with Crippen LogP contribution in [0.2, 0.25) is 0 Å². The first-order chi connectivity index (χ1) is 7.26. The van der Waals surface area contributed by atoms with Crippen LogP contribution in [-0.2, 0) is 0 Å². The van der Waals surface area contributed by atoms with Crippen molar-refractivity contribution in [1.82, 2.24) is 0 Å². The van der Waals surface area contributed by atoms with E-state index < -0.39 is 0 Å². The highest BCUT2D eigenvalue weighted by Crippen LogP contribution is 2.42. The minimum Gasteiger partial charge on any atom is -0.496 e. The van der Waals surface area contributed by atoms with Gasteiger partial charge in [0, 0.05) is 5.92 Å². The maximum absolute atomic E-state index is 9.38. The maximum atomic E-state index is 9.38. The first-order valence-corrected chi connectivity index (χ1v) is 5.51. The molecule has 0 aromatic heterocycles. The number of ether oxygens (including phenoxy) is 1. The molecule has 2 rings (SSSR count). The Morgan fingerprint density at radius 2 is 2.20 bits per heavy atom. The number of hydrogen-bond donors (Lipinski definition) is 1. The summed E-state index contributed by atoms with van der Waals surface area (Å²) in [6.07, 6.45) is 2.52. The average molecular weight is 206 g/mol. The van der Waals surface area contributed by atoms with Crippen LogP contribution in [0.15, 0.2) is 18.2 Å². The number of aliphatic hydroxyl groups is 1. The smallest absolute Gasteiger partial charge is 0.121 e. The molecule has 82 valence electrons. The molecule has 0 aliphatic heterocycles.